The summed E-state index contributed by atoms with van der Waals surface area (Å²) in [6, 6.07) is 1.24. The van der Waals surface area contributed by atoms with Crippen LogP contribution in [0.3, 0.4) is 0 Å². The van der Waals surface area contributed by atoms with E-state index >= 15 is 0 Å². The molecule has 2 aromatic heterocycles. The summed E-state index contributed by atoms with van der Waals surface area (Å²) < 4.78 is 45.8. The summed E-state index contributed by atoms with van der Waals surface area (Å²) in [6.45, 7) is 0.920. The zero-order valence-electron chi connectivity index (χ0n) is 18.9. The monoisotopic (exact) mass is 481 g/mol. The quantitative estimate of drug-likeness (QED) is 0.561. The van der Waals surface area contributed by atoms with E-state index < -0.39 is 41.2 Å². The van der Waals surface area contributed by atoms with Crippen molar-refractivity contribution in [3.8, 4) is 0 Å². The van der Waals surface area contributed by atoms with Crippen LogP contribution < -0.4 is 21.5 Å². The second kappa shape index (κ2) is 9.71. The average molecular weight is 481 g/mol. The Balaban J connectivity index is 1.76. The first-order valence-corrected chi connectivity index (χ1v) is 10.3. The van der Waals surface area contributed by atoms with Crippen molar-refractivity contribution in [1.82, 2.24) is 14.5 Å². The minimum absolute atomic E-state index is 0.245. The number of carbonyl (C=O) groups excluding carboxylic acids is 1. The molecule has 2 atom stereocenters. The van der Waals surface area contributed by atoms with Gasteiger partial charge in [0.1, 0.15) is 11.5 Å². The largest absolute Gasteiger partial charge is 0.417 e. The summed E-state index contributed by atoms with van der Waals surface area (Å²) in [7, 11) is 4.18. The van der Waals surface area contributed by atoms with Gasteiger partial charge in [0, 0.05) is 52.3 Å². The molecule has 3 heterocycles. The van der Waals surface area contributed by atoms with Gasteiger partial charge in [0.15, 0.2) is 0 Å². The predicted octanol–water partition coefficient (Wildman–Crippen LogP) is 2.14. The summed E-state index contributed by atoms with van der Waals surface area (Å²) in [6.07, 6.45) is -1.24. The lowest BCUT2D eigenvalue weighted by atomic mass is 9.99. The zero-order chi connectivity index (χ0) is 25.2. The van der Waals surface area contributed by atoms with Crippen molar-refractivity contribution in [2.45, 2.75) is 24.7 Å². The maximum absolute atomic E-state index is 13.1. The Morgan fingerprint density at radius 1 is 1.41 bits per heavy atom. The number of urea groups is 1. The van der Waals surface area contributed by atoms with E-state index in [1.54, 1.807) is 12.3 Å². The van der Waals surface area contributed by atoms with Crippen molar-refractivity contribution in [2.24, 2.45) is 7.05 Å². The molecule has 10 nitrogen and oxygen atoms in total. The third-order valence-corrected chi connectivity index (χ3v) is 5.85. The van der Waals surface area contributed by atoms with E-state index in [0.717, 1.165) is 16.5 Å². The van der Waals surface area contributed by atoms with Crippen LogP contribution in [0.4, 0.5) is 35.2 Å². The highest BCUT2D eigenvalue weighted by Crippen LogP contribution is 2.30. The fraction of sp³-hybridized carbons (Fsp3) is 0.429. The fourth-order valence-electron chi connectivity index (χ4n) is 3.89. The van der Waals surface area contributed by atoms with E-state index in [0.29, 0.717) is 37.3 Å². The molecule has 0 aromatic carbocycles. The minimum atomic E-state index is -4.67. The number of nitrogen functional groups attached to an aromatic ring is 1. The number of methoxy groups -OCH3 is 1. The molecule has 0 spiro atoms. The normalized spacial score (nSPS) is 18.5. The molecule has 1 fully saturated rings. The summed E-state index contributed by atoms with van der Waals surface area (Å²) in [5.74, 6) is 0.245. The van der Waals surface area contributed by atoms with Gasteiger partial charge in [-0.05, 0) is 18.6 Å². The Kier molecular flexibility index (Phi) is 7.15. The Morgan fingerprint density at radius 2 is 2.12 bits per heavy atom. The number of piperidine rings is 1. The molecule has 184 valence electrons. The molecule has 2 amide bonds. The lowest BCUT2D eigenvalue weighted by molar-refractivity contribution is -0.138. The molecule has 13 heteroatoms. The molecule has 0 unspecified atom stereocenters. The van der Waals surface area contributed by atoms with Crippen LogP contribution in [0.1, 0.15) is 17.5 Å². The Hall–Kier alpha value is -3.61. The maximum atomic E-state index is 13.1. The van der Waals surface area contributed by atoms with Crippen LogP contribution in [-0.4, -0.2) is 66.1 Å². The van der Waals surface area contributed by atoms with E-state index in [9.17, 15) is 22.8 Å². The van der Waals surface area contributed by atoms with Crippen molar-refractivity contribution >= 4 is 29.4 Å². The van der Waals surface area contributed by atoms with Gasteiger partial charge in [-0.3, -0.25) is 4.79 Å². The number of hydrogen-bond acceptors (Lipinski definition) is 7. The second-order valence-electron chi connectivity index (χ2n) is 7.99. The number of nitrogens with two attached hydrogens (primary N) is 1. The van der Waals surface area contributed by atoms with Crippen LogP contribution in [0.2, 0.25) is 0 Å². The van der Waals surface area contributed by atoms with Gasteiger partial charge in [-0.25, -0.2) is 9.78 Å². The van der Waals surface area contributed by atoms with Crippen LogP contribution in [0, 0.1) is 5.41 Å². The standard InChI is InChI=1S/C21H26F3N7O3/c1-29-10-13(21(22,23)24)7-15(19(29)32)28-20(33)30(2)16-4-5-31(11-17(16)34-3)14-6-12(8-25)18(26)27-9-14/h6-10,16-17,25H,4-5,11H2,1-3H3,(H2,26,27)(H,28,33)/t16-,17+/m0/s1. The highest BCUT2D eigenvalue weighted by molar-refractivity contribution is 5.89. The zero-order valence-corrected chi connectivity index (χ0v) is 18.9. The number of ether oxygens (including phenoxy) is 1. The number of aryl methyl sites for hydroxylation is 1. The maximum Gasteiger partial charge on any atom is 0.417 e. The second-order valence-corrected chi connectivity index (χ2v) is 7.99. The van der Waals surface area contributed by atoms with Crippen molar-refractivity contribution in [3.05, 3.63) is 46.0 Å². The van der Waals surface area contributed by atoms with Gasteiger partial charge < -0.3 is 35.6 Å². The lowest BCUT2D eigenvalue weighted by Gasteiger charge is -2.42. The van der Waals surface area contributed by atoms with E-state index in [1.165, 1.54) is 26.1 Å². The summed E-state index contributed by atoms with van der Waals surface area (Å²) >= 11 is 0. The number of amides is 2. The van der Waals surface area contributed by atoms with Gasteiger partial charge in [-0.2, -0.15) is 13.2 Å². The molecule has 34 heavy (non-hydrogen) atoms. The van der Waals surface area contributed by atoms with Gasteiger partial charge >= 0.3 is 12.2 Å². The molecule has 3 rings (SSSR count). The third-order valence-electron chi connectivity index (χ3n) is 5.85. The number of rotatable bonds is 5. The number of anilines is 3. The van der Waals surface area contributed by atoms with Crippen molar-refractivity contribution in [3.63, 3.8) is 0 Å². The topological polar surface area (TPSA) is 130 Å². The molecule has 4 N–H and O–H groups in total. The van der Waals surface area contributed by atoms with E-state index in [4.69, 9.17) is 15.9 Å². The Labute approximate surface area is 193 Å². The van der Waals surface area contributed by atoms with Gasteiger partial charge in [0.05, 0.1) is 29.6 Å². The number of likely N-dealkylation sites (N-methyl/N-ethyl adjacent to an activating group) is 1. The molecular formula is C21H26F3N7O3. The molecule has 0 aliphatic carbocycles. The van der Waals surface area contributed by atoms with Gasteiger partial charge in [-0.1, -0.05) is 0 Å². The molecule has 1 aliphatic heterocycles. The highest BCUT2D eigenvalue weighted by atomic mass is 19.4. The van der Waals surface area contributed by atoms with E-state index in [1.807, 2.05) is 4.90 Å². The summed E-state index contributed by atoms with van der Waals surface area (Å²) in [5, 5.41) is 9.75. The number of aromatic nitrogens is 2. The fourth-order valence-corrected chi connectivity index (χ4v) is 3.89. The minimum Gasteiger partial charge on any atom is -0.383 e. The number of alkyl halides is 3. The van der Waals surface area contributed by atoms with Crippen LogP contribution in [0.5, 0.6) is 0 Å². The average Bonchev–Trinajstić information content (AvgIpc) is 2.80. The molecule has 0 saturated carbocycles. The Morgan fingerprint density at radius 3 is 2.74 bits per heavy atom. The lowest BCUT2D eigenvalue weighted by Crippen LogP contribution is -2.56. The number of halogens is 3. The smallest absolute Gasteiger partial charge is 0.383 e. The molecular weight excluding hydrogens is 455 g/mol. The molecule has 1 saturated heterocycles. The first-order valence-electron chi connectivity index (χ1n) is 10.3. The van der Waals surface area contributed by atoms with Gasteiger partial charge in [-0.15, -0.1) is 0 Å². The number of nitrogens with zero attached hydrogens (tertiary/aromatic N) is 4. The summed E-state index contributed by atoms with van der Waals surface area (Å²) in [4.78, 5) is 32.5. The van der Waals surface area contributed by atoms with Crippen molar-refractivity contribution in [1.29, 1.82) is 5.41 Å². The molecule has 0 radical (unpaired) electrons. The predicted molar refractivity (Wildman–Crippen MR) is 121 cm³/mol. The van der Waals surface area contributed by atoms with E-state index in [2.05, 4.69) is 10.3 Å². The third kappa shape index (κ3) is 5.14. The first kappa shape index (κ1) is 25.0. The van der Waals surface area contributed by atoms with Crippen LogP contribution in [0.15, 0.2) is 29.3 Å². The number of hydrogen-bond donors (Lipinski definition) is 3. The number of nitrogens with one attached hydrogen (secondary N) is 2. The summed E-state index contributed by atoms with van der Waals surface area (Å²) in [5.41, 5.74) is 4.71. The van der Waals surface area contributed by atoms with Crippen molar-refractivity contribution in [2.75, 3.05) is 43.2 Å². The molecule has 0 bridgehead atoms. The van der Waals surface area contributed by atoms with Gasteiger partial charge in [0.25, 0.3) is 5.56 Å². The number of pyridine rings is 2. The number of carbonyl (C=O) groups is 1. The van der Waals surface area contributed by atoms with Crippen molar-refractivity contribution < 1.29 is 22.7 Å². The van der Waals surface area contributed by atoms with Crippen LogP contribution in [-0.2, 0) is 18.0 Å². The van der Waals surface area contributed by atoms with E-state index in [-0.39, 0.29) is 5.82 Å². The Bertz CT molecular complexity index is 1140. The molecule has 2 aromatic rings. The SMILES string of the molecule is CO[C@@H]1CN(c2cnc(N)c(C=N)c2)CC[C@@H]1N(C)C(=O)Nc1cc(C(F)(F)F)cn(C)c1=O. The first-order chi connectivity index (χ1) is 16.0. The molecule has 1 aliphatic rings. The highest BCUT2D eigenvalue weighted by Gasteiger charge is 2.36. The van der Waals surface area contributed by atoms with Crippen LogP contribution in [0.25, 0.3) is 0 Å². The van der Waals surface area contributed by atoms with Gasteiger partial charge in [0.2, 0.25) is 0 Å². The van der Waals surface area contributed by atoms with Crippen LogP contribution >= 0.6 is 0 Å².